The van der Waals surface area contributed by atoms with Gasteiger partial charge in [-0.05, 0) is 25.1 Å². The topological polar surface area (TPSA) is 77.5 Å². The molecule has 1 heterocycles. The van der Waals surface area contributed by atoms with E-state index in [9.17, 15) is 10.1 Å². The number of nitro groups is 1. The molecular weight excluding hydrogens is 296 g/mol. The molecule has 3 rings (SSSR count). The third-order valence-corrected chi connectivity index (χ3v) is 3.63. The van der Waals surface area contributed by atoms with E-state index < -0.39 is 4.92 Å². The Morgan fingerprint density at radius 1 is 1.22 bits per heavy atom. The number of furan rings is 1. The van der Waals surface area contributed by atoms with Crippen LogP contribution in [0, 0.1) is 10.1 Å². The summed E-state index contributed by atoms with van der Waals surface area (Å²) in [6.45, 7) is 1.96. The molecule has 6 heteroatoms. The van der Waals surface area contributed by atoms with Crippen LogP contribution in [0.4, 0.5) is 11.4 Å². The molecule has 0 saturated carbocycles. The van der Waals surface area contributed by atoms with E-state index in [1.165, 1.54) is 13.2 Å². The minimum absolute atomic E-state index is 0.0607. The first kappa shape index (κ1) is 14.9. The number of nitrogens with zero attached hydrogens (tertiary/aromatic N) is 1. The SMILES string of the molecule is COc1cc(NC(C)c2cc3ccccc3o2)ccc1[N+](=O)[O-]. The Balaban J connectivity index is 1.84. The van der Waals surface area contributed by atoms with Gasteiger partial charge in [-0.1, -0.05) is 18.2 Å². The number of anilines is 1. The molecule has 23 heavy (non-hydrogen) atoms. The molecular formula is C17H16N2O4. The molecule has 0 fully saturated rings. The molecule has 1 unspecified atom stereocenters. The average molecular weight is 312 g/mol. The minimum atomic E-state index is -0.467. The summed E-state index contributed by atoms with van der Waals surface area (Å²) in [5.74, 6) is 1.01. The van der Waals surface area contributed by atoms with Crippen LogP contribution in [0.1, 0.15) is 18.7 Å². The molecule has 2 aromatic carbocycles. The van der Waals surface area contributed by atoms with Crippen molar-refractivity contribution in [3.63, 3.8) is 0 Å². The molecule has 0 bridgehead atoms. The van der Waals surface area contributed by atoms with Crippen molar-refractivity contribution >= 4 is 22.3 Å². The Labute approximate surface area is 132 Å². The quantitative estimate of drug-likeness (QED) is 0.553. The number of hydrogen-bond donors (Lipinski definition) is 1. The van der Waals surface area contributed by atoms with Crippen LogP contribution in [0.2, 0.25) is 0 Å². The van der Waals surface area contributed by atoms with Crippen LogP contribution in [0.3, 0.4) is 0 Å². The predicted molar refractivity (Wildman–Crippen MR) is 87.9 cm³/mol. The summed E-state index contributed by atoms with van der Waals surface area (Å²) < 4.78 is 10.9. The van der Waals surface area contributed by atoms with Crippen molar-refractivity contribution in [2.75, 3.05) is 12.4 Å². The Morgan fingerprint density at radius 2 is 2.00 bits per heavy atom. The highest BCUT2D eigenvalue weighted by molar-refractivity contribution is 5.78. The van der Waals surface area contributed by atoms with Gasteiger partial charge in [-0.15, -0.1) is 0 Å². The number of hydrogen-bond acceptors (Lipinski definition) is 5. The third-order valence-electron chi connectivity index (χ3n) is 3.63. The van der Waals surface area contributed by atoms with E-state index in [0.29, 0.717) is 0 Å². The van der Waals surface area contributed by atoms with Crippen LogP contribution >= 0.6 is 0 Å². The van der Waals surface area contributed by atoms with Gasteiger partial charge in [0.05, 0.1) is 18.1 Å². The van der Waals surface area contributed by atoms with Gasteiger partial charge in [-0.3, -0.25) is 10.1 Å². The lowest BCUT2D eigenvalue weighted by atomic mass is 10.2. The zero-order valence-corrected chi connectivity index (χ0v) is 12.8. The molecule has 6 nitrogen and oxygen atoms in total. The maximum Gasteiger partial charge on any atom is 0.311 e. The molecule has 0 spiro atoms. The van der Waals surface area contributed by atoms with Crippen molar-refractivity contribution in [3.8, 4) is 5.75 Å². The van der Waals surface area contributed by atoms with Crippen LogP contribution in [0.25, 0.3) is 11.0 Å². The van der Waals surface area contributed by atoms with Gasteiger partial charge in [-0.25, -0.2) is 0 Å². The van der Waals surface area contributed by atoms with Crippen LogP contribution < -0.4 is 10.1 Å². The van der Waals surface area contributed by atoms with Crippen LogP contribution in [-0.2, 0) is 0 Å². The lowest BCUT2D eigenvalue weighted by Crippen LogP contribution is -2.06. The molecule has 118 valence electrons. The van der Waals surface area contributed by atoms with Crippen molar-refractivity contribution in [3.05, 3.63) is 64.4 Å². The van der Waals surface area contributed by atoms with E-state index in [0.717, 1.165) is 22.4 Å². The number of benzene rings is 2. The summed E-state index contributed by atoms with van der Waals surface area (Å²) in [4.78, 5) is 10.5. The number of nitrogens with one attached hydrogen (secondary N) is 1. The van der Waals surface area contributed by atoms with Gasteiger partial charge in [0, 0.05) is 23.2 Å². The second-order valence-electron chi connectivity index (χ2n) is 5.20. The van der Waals surface area contributed by atoms with Crippen molar-refractivity contribution in [1.29, 1.82) is 0 Å². The van der Waals surface area contributed by atoms with Crippen molar-refractivity contribution in [2.45, 2.75) is 13.0 Å². The van der Waals surface area contributed by atoms with Crippen LogP contribution in [0.15, 0.2) is 52.9 Å². The maximum atomic E-state index is 10.9. The summed E-state index contributed by atoms with van der Waals surface area (Å²) in [6.07, 6.45) is 0. The molecule has 1 N–H and O–H groups in total. The highest BCUT2D eigenvalue weighted by Gasteiger charge is 2.17. The second kappa shape index (κ2) is 6.00. The Kier molecular flexibility index (Phi) is 3.89. The first-order valence-corrected chi connectivity index (χ1v) is 7.16. The standard InChI is InChI=1S/C17H16N2O4/c1-11(16-9-12-5-3-4-6-15(12)23-16)18-13-7-8-14(19(20)21)17(10-13)22-2/h3-11,18H,1-2H3. The lowest BCUT2D eigenvalue weighted by Gasteiger charge is -2.13. The molecule has 0 aliphatic heterocycles. The summed E-state index contributed by atoms with van der Waals surface area (Å²) in [7, 11) is 1.41. The number of para-hydroxylation sites is 1. The van der Waals surface area contributed by atoms with Crippen molar-refractivity contribution in [2.24, 2.45) is 0 Å². The van der Waals surface area contributed by atoms with Gasteiger partial charge < -0.3 is 14.5 Å². The highest BCUT2D eigenvalue weighted by Crippen LogP contribution is 2.32. The zero-order chi connectivity index (χ0) is 16.4. The number of ether oxygens (including phenoxy) is 1. The maximum absolute atomic E-state index is 10.9. The van der Waals surface area contributed by atoms with E-state index in [1.54, 1.807) is 12.1 Å². The number of rotatable bonds is 5. The average Bonchev–Trinajstić information content (AvgIpc) is 2.98. The van der Waals surface area contributed by atoms with Crippen molar-refractivity contribution < 1.29 is 14.1 Å². The van der Waals surface area contributed by atoms with Gasteiger partial charge in [0.25, 0.3) is 0 Å². The fraction of sp³-hybridized carbons (Fsp3) is 0.176. The molecule has 0 amide bonds. The van der Waals surface area contributed by atoms with Gasteiger partial charge >= 0.3 is 5.69 Å². The molecule has 1 atom stereocenters. The Bertz CT molecular complexity index is 824. The Morgan fingerprint density at radius 3 is 2.70 bits per heavy atom. The van der Waals surface area contributed by atoms with Crippen LogP contribution in [-0.4, -0.2) is 12.0 Å². The Hall–Kier alpha value is -3.02. The smallest absolute Gasteiger partial charge is 0.311 e. The summed E-state index contributed by atoms with van der Waals surface area (Å²) in [6, 6.07) is 14.4. The van der Waals surface area contributed by atoms with Gasteiger partial charge in [0.2, 0.25) is 0 Å². The largest absolute Gasteiger partial charge is 0.490 e. The van der Waals surface area contributed by atoms with E-state index in [4.69, 9.17) is 9.15 Å². The number of nitro benzene ring substituents is 1. The lowest BCUT2D eigenvalue weighted by molar-refractivity contribution is -0.385. The molecule has 0 aliphatic rings. The number of methoxy groups -OCH3 is 1. The third kappa shape index (κ3) is 2.96. The van der Waals surface area contributed by atoms with Crippen LogP contribution in [0.5, 0.6) is 5.75 Å². The number of fused-ring (bicyclic) bond motifs is 1. The first-order chi connectivity index (χ1) is 11.1. The highest BCUT2D eigenvalue weighted by atomic mass is 16.6. The van der Waals surface area contributed by atoms with E-state index in [-0.39, 0.29) is 17.5 Å². The molecule has 0 aliphatic carbocycles. The van der Waals surface area contributed by atoms with E-state index in [2.05, 4.69) is 5.32 Å². The van der Waals surface area contributed by atoms with E-state index >= 15 is 0 Å². The van der Waals surface area contributed by atoms with Crippen molar-refractivity contribution in [1.82, 2.24) is 0 Å². The van der Waals surface area contributed by atoms with Gasteiger partial charge in [0.15, 0.2) is 5.75 Å². The summed E-state index contributed by atoms with van der Waals surface area (Å²) in [5, 5.41) is 15.2. The summed E-state index contributed by atoms with van der Waals surface area (Å²) >= 11 is 0. The summed E-state index contributed by atoms with van der Waals surface area (Å²) in [5.41, 5.74) is 1.49. The monoisotopic (exact) mass is 312 g/mol. The molecule has 3 aromatic rings. The van der Waals surface area contributed by atoms with E-state index in [1.807, 2.05) is 37.3 Å². The zero-order valence-electron chi connectivity index (χ0n) is 12.8. The normalized spacial score (nSPS) is 12.1. The minimum Gasteiger partial charge on any atom is -0.490 e. The first-order valence-electron chi connectivity index (χ1n) is 7.16. The molecule has 0 saturated heterocycles. The predicted octanol–water partition coefficient (Wildman–Crippen LogP) is 4.52. The van der Waals surface area contributed by atoms with Gasteiger partial charge in [0.1, 0.15) is 11.3 Å². The van der Waals surface area contributed by atoms with Gasteiger partial charge in [-0.2, -0.15) is 0 Å². The molecule has 1 aromatic heterocycles. The second-order valence-corrected chi connectivity index (χ2v) is 5.20. The fourth-order valence-electron chi connectivity index (χ4n) is 2.46. The fourth-order valence-corrected chi connectivity index (χ4v) is 2.46. The molecule has 0 radical (unpaired) electrons.